The summed E-state index contributed by atoms with van der Waals surface area (Å²) in [6.45, 7) is 0. The molecule has 0 fully saturated rings. The van der Waals surface area contributed by atoms with Gasteiger partial charge in [0.15, 0.2) is 0 Å². The van der Waals surface area contributed by atoms with Gasteiger partial charge in [0.05, 0.1) is 11.7 Å². The number of benzene rings is 2. The molecule has 0 bridgehead atoms. The normalized spacial score (nSPS) is 12.3. The summed E-state index contributed by atoms with van der Waals surface area (Å²) < 4.78 is 0. The molecule has 3 rings (SSSR count). The molecule has 2 N–H and O–H groups in total. The molecule has 0 aliphatic carbocycles. The van der Waals surface area contributed by atoms with E-state index in [4.69, 9.17) is 28.9 Å². The Bertz CT molecular complexity index is 736. The summed E-state index contributed by atoms with van der Waals surface area (Å²) in [4.78, 5) is 4.63. The molecule has 1 unspecified atom stereocenters. The molecule has 1 aromatic heterocycles. The zero-order valence-electron chi connectivity index (χ0n) is 11.0. The molecule has 5 heteroatoms. The van der Waals surface area contributed by atoms with Crippen molar-refractivity contribution >= 4 is 34.5 Å². The quantitative estimate of drug-likeness (QED) is 0.717. The van der Waals surface area contributed by atoms with Gasteiger partial charge in [0.25, 0.3) is 0 Å². The van der Waals surface area contributed by atoms with Crippen LogP contribution in [-0.4, -0.2) is 4.98 Å². The van der Waals surface area contributed by atoms with E-state index in [1.165, 1.54) is 0 Å². The van der Waals surface area contributed by atoms with Gasteiger partial charge in [0, 0.05) is 21.0 Å². The number of nitrogens with zero attached hydrogens (tertiary/aromatic N) is 1. The third kappa shape index (κ3) is 3.27. The third-order valence-electron chi connectivity index (χ3n) is 3.16. The highest BCUT2D eigenvalue weighted by Gasteiger charge is 2.14. The van der Waals surface area contributed by atoms with Crippen molar-refractivity contribution in [3.05, 3.63) is 74.5 Å². The molecule has 0 spiro atoms. The molecular formula is C16H12Cl2N2S. The minimum absolute atomic E-state index is 0.242. The molecule has 0 amide bonds. The maximum Gasteiger partial charge on any atom is 0.115 e. The fourth-order valence-corrected chi connectivity index (χ4v) is 3.10. The Balaban J connectivity index is 1.87. The first-order chi connectivity index (χ1) is 10.1. The van der Waals surface area contributed by atoms with Gasteiger partial charge in [-0.3, -0.25) is 0 Å². The molecule has 21 heavy (non-hydrogen) atoms. The first-order valence-electron chi connectivity index (χ1n) is 6.36. The Hall–Kier alpha value is -1.39. The third-order valence-corrected chi connectivity index (χ3v) is 4.59. The second kappa shape index (κ2) is 6.16. The number of nitrogens with two attached hydrogens (primary N) is 1. The summed E-state index contributed by atoms with van der Waals surface area (Å²) in [5, 5.41) is 4.30. The lowest BCUT2D eigenvalue weighted by molar-refractivity contribution is 0.859. The number of aromatic nitrogens is 1. The number of hydrogen-bond donors (Lipinski definition) is 1. The van der Waals surface area contributed by atoms with Gasteiger partial charge < -0.3 is 5.73 Å². The predicted octanol–water partition coefficient (Wildman–Crippen LogP) is 5.17. The first kappa shape index (κ1) is 14.5. The number of rotatable bonds is 3. The van der Waals surface area contributed by atoms with Crippen LogP contribution < -0.4 is 5.73 Å². The lowest BCUT2D eigenvalue weighted by Gasteiger charge is -2.08. The van der Waals surface area contributed by atoms with Crippen LogP contribution in [0.2, 0.25) is 10.0 Å². The minimum atomic E-state index is -0.242. The Morgan fingerprint density at radius 3 is 2.10 bits per heavy atom. The average Bonchev–Trinajstić information content (AvgIpc) is 2.98. The van der Waals surface area contributed by atoms with Gasteiger partial charge in [-0.25, -0.2) is 4.98 Å². The van der Waals surface area contributed by atoms with Crippen LogP contribution in [0.4, 0.5) is 0 Å². The molecule has 0 saturated heterocycles. The van der Waals surface area contributed by atoms with Crippen molar-refractivity contribution in [2.24, 2.45) is 5.73 Å². The number of halogens is 2. The highest BCUT2D eigenvalue weighted by Crippen LogP contribution is 2.28. The molecule has 0 aliphatic rings. The fourth-order valence-electron chi connectivity index (χ4n) is 2.00. The van der Waals surface area contributed by atoms with Crippen molar-refractivity contribution in [2.75, 3.05) is 0 Å². The van der Waals surface area contributed by atoms with Crippen molar-refractivity contribution in [3.8, 4) is 11.3 Å². The van der Waals surface area contributed by atoms with E-state index in [0.717, 1.165) is 21.8 Å². The van der Waals surface area contributed by atoms with Crippen molar-refractivity contribution < 1.29 is 0 Å². The topological polar surface area (TPSA) is 38.9 Å². The zero-order valence-corrected chi connectivity index (χ0v) is 13.3. The number of hydrogen-bond acceptors (Lipinski definition) is 3. The van der Waals surface area contributed by atoms with E-state index in [1.54, 1.807) is 11.3 Å². The maximum atomic E-state index is 6.27. The highest BCUT2D eigenvalue weighted by molar-refractivity contribution is 7.10. The monoisotopic (exact) mass is 334 g/mol. The van der Waals surface area contributed by atoms with E-state index in [-0.39, 0.29) is 6.04 Å². The van der Waals surface area contributed by atoms with Crippen molar-refractivity contribution in [2.45, 2.75) is 6.04 Å². The van der Waals surface area contributed by atoms with Crippen LogP contribution in [0.1, 0.15) is 16.6 Å². The van der Waals surface area contributed by atoms with E-state index < -0.39 is 0 Å². The van der Waals surface area contributed by atoms with E-state index in [2.05, 4.69) is 4.98 Å². The molecule has 106 valence electrons. The van der Waals surface area contributed by atoms with Crippen LogP contribution in [0.15, 0.2) is 53.9 Å². The molecule has 2 nitrogen and oxygen atoms in total. The molecule has 2 aromatic carbocycles. The Morgan fingerprint density at radius 2 is 1.48 bits per heavy atom. The van der Waals surface area contributed by atoms with E-state index in [1.807, 2.05) is 53.9 Å². The Labute approximate surface area is 137 Å². The summed E-state index contributed by atoms with van der Waals surface area (Å²) in [6.07, 6.45) is 0. The van der Waals surface area contributed by atoms with Crippen LogP contribution in [0.3, 0.4) is 0 Å². The van der Waals surface area contributed by atoms with Crippen LogP contribution in [0.5, 0.6) is 0 Å². The first-order valence-corrected chi connectivity index (χ1v) is 7.99. The summed E-state index contributed by atoms with van der Waals surface area (Å²) in [5.74, 6) is 0. The molecule has 0 saturated carbocycles. The molecule has 0 aliphatic heterocycles. The largest absolute Gasteiger partial charge is 0.318 e. The van der Waals surface area contributed by atoms with Crippen molar-refractivity contribution in [1.29, 1.82) is 0 Å². The van der Waals surface area contributed by atoms with Gasteiger partial charge in [0.1, 0.15) is 5.01 Å². The van der Waals surface area contributed by atoms with E-state index >= 15 is 0 Å². The second-order valence-electron chi connectivity index (χ2n) is 4.61. The van der Waals surface area contributed by atoms with Crippen LogP contribution in [-0.2, 0) is 0 Å². The maximum absolute atomic E-state index is 6.27. The van der Waals surface area contributed by atoms with Gasteiger partial charge in [-0.15, -0.1) is 11.3 Å². The smallest absolute Gasteiger partial charge is 0.115 e. The van der Waals surface area contributed by atoms with Gasteiger partial charge in [-0.2, -0.15) is 0 Å². The van der Waals surface area contributed by atoms with Gasteiger partial charge in [-0.1, -0.05) is 47.5 Å². The minimum Gasteiger partial charge on any atom is -0.318 e. The van der Waals surface area contributed by atoms with Gasteiger partial charge >= 0.3 is 0 Å². The molecular weight excluding hydrogens is 323 g/mol. The zero-order chi connectivity index (χ0) is 14.8. The highest BCUT2D eigenvalue weighted by atomic mass is 35.5. The lowest BCUT2D eigenvalue weighted by Crippen LogP contribution is -2.11. The van der Waals surface area contributed by atoms with Crippen molar-refractivity contribution in [3.63, 3.8) is 0 Å². The standard InChI is InChI=1S/C16H12Cl2N2S/c17-12-5-1-10(2-6-12)14-9-21-16(20-14)15(19)11-3-7-13(18)8-4-11/h1-9,15H,19H2. The van der Waals surface area contributed by atoms with Gasteiger partial charge in [-0.05, 0) is 29.8 Å². The van der Waals surface area contributed by atoms with Crippen LogP contribution in [0, 0.1) is 0 Å². The van der Waals surface area contributed by atoms with Gasteiger partial charge in [0.2, 0.25) is 0 Å². The number of thiazole rings is 1. The molecule has 0 radical (unpaired) electrons. The predicted molar refractivity (Wildman–Crippen MR) is 90.0 cm³/mol. The Morgan fingerprint density at radius 1 is 0.905 bits per heavy atom. The average molecular weight is 335 g/mol. The lowest BCUT2D eigenvalue weighted by atomic mass is 10.1. The summed E-state index contributed by atoms with van der Waals surface area (Å²) in [6, 6.07) is 14.9. The van der Waals surface area contributed by atoms with Crippen LogP contribution >= 0.6 is 34.5 Å². The second-order valence-corrected chi connectivity index (χ2v) is 6.37. The van der Waals surface area contributed by atoms with E-state index in [0.29, 0.717) is 10.0 Å². The molecule has 1 heterocycles. The summed E-state index contributed by atoms with van der Waals surface area (Å²) in [5.41, 5.74) is 9.21. The van der Waals surface area contributed by atoms with Crippen LogP contribution in [0.25, 0.3) is 11.3 Å². The summed E-state index contributed by atoms with van der Waals surface area (Å²) >= 11 is 13.3. The SMILES string of the molecule is NC(c1ccc(Cl)cc1)c1nc(-c2ccc(Cl)cc2)cs1. The molecule has 1 atom stereocenters. The molecule has 3 aromatic rings. The summed E-state index contributed by atoms with van der Waals surface area (Å²) in [7, 11) is 0. The van der Waals surface area contributed by atoms with Crippen molar-refractivity contribution in [1.82, 2.24) is 4.98 Å². The fraction of sp³-hybridized carbons (Fsp3) is 0.0625. The Kier molecular flexibility index (Phi) is 4.27. The van der Waals surface area contributed by atoms with E-state index in [9.17, 15) is 0 Å².